The highest BCUT2D eigenvalue weighted by molar-refractivity contribution is 5.10. The summed E-state index contributed by atoms with van der Waals surface area (Å²) in [4.78, 5) is 4.57. The van der Waals surface area contributed by atoms with Crippen molar-refractivity contribution < 1.29 is 4.52 Å². The Bertz CT molecular complexity index is 568. The molecule has 0 saturated heterocycles. The van der Waals surface area contributed by atoms with Crippen LogP contribution in [-0.4, -0.2) is 14.7 Å². The zero-order chi connectivity index (χ0) is 14.1. The molecule has 1 N–H and O–H groups in total. The van der Waals surface area contributed by atoms with Gasteiger partial charge >= 0.3 is 0 Å². The van der Waals surface area contributed by atoms with Gasteiger partial charge in [0.15, 0.2) is 5.82 Å². The molecule has 20 heavy (non-hydrogen) atoms. The second-order valence-corrected chi connectivity index (χ2v) is 6.05. The van der Waals surface area contributed by atoms with Crippen molar-refractivity contribution in [1.82, 2.24) is 20.0 Å². The first-order valence-electron chi connectivity index (χ1n) is 7.31. The Morgan fingerprint density at radius 2 is 2.25 bits per heavy atom. The largest absolute Gasteiger partial charge is 0.357 e. The number of hydrogen-bond acceptors (Lipinski definition) is 4. The SMILES string of the molecule is CC(C)C(NCc1ccn(C)c1)c1nc(C2CC2)no1. The summed E-state index contributed by atoms with van der Waals surface area (Å²) < 4.78 is 7.51. The first kappa shape index (κ1) is 13.4. The second kappa shape index (κ2) is 5.40. The number of hydrogen-bond donors (Lipinski definition) is 1. The monoisotopic (exact) mass is 274 g/mol. The zero-order valence-electron chi connectivity index (χ0n) is 12.3. The number of nitrogens with zero attached hydrogens (tertiary/aromatic N) is 3. The Hall–Kier alpha value is -1.62. The van der Waals surface area contributed by atoms with E-state index in [-0.39, 0.29) is 6.04 Å². The number of rotatable bonds is 6. The lowest BCUT2D eigenvalue weighted by Crippen LogP contribution is -2.25. The zero-order valence-corrected chi connectivity index (χ0v) is 12.3. The van der Waals surface area contributed by atoms with Crippen LogP contribution in [-0.2, 0) is 13.6 Å². The lowest BCUT2D eigenvalue weighted by molar-refractivity contribution is 0.286. The van der Waals surface area contributed by atoms with E-state index in [2.05, 4.69) is 52.3 Å². The van der Waals surface area contributed by atoms with E-state index in [1.807, 2.05) is 7.05 Å². The molecule has 108 valence electrons. The third-order valence-electron chi connectivity index (χ3n) is 3.75. The van der Waals surface area contributed by atoms with E-state index in [0.717, 1.165) is 18.3 Å². The van der Waals surface area contributed by atoms with E-state index < -0.39 is 0 Å². The second-order valence-electron chi connectivity index (χ2n) is 6.05. The third-order valence-corrected chi connectivity index (χ3v) is 3.75. The van der Waals surface area contributed by atoms with Crippen molar-refractivity contribution in [2.75, 3.05) is 0 Å². The molecule has 2 aromatic rings. The van der Waals surface area contributed by atoms with Crippen molar-refractivity contribution in [2.45, 2.75) is 45.2 Å². The standard InChI is InChI=1S/C15H22N4O/c1-10(2)13(16-8-11-6-7-19(3)9-11)15-17-14(18-20-15)12-4-5-12/h6-7,9-10,12-13,16H,4-5,8H2,1-3H3. The summed E-state index contributed by atoms with van der Waals surface area (Å²) in [7, 11) is 2.03. The smallest absolute Gasteiger partial charge is 0.244 e. The molecular formula is C15H22N4O. The van der Waals surface area contributed by atoms with Crippen LogP contribution in [0.15, 0.2) is 23.0 Å². The van der Waals surface area contributed by atoms with Gasteiger partial charge in [0, 0.05) is 31.9 Å². The van der Waals surface area contributed by atoms with Gasteiger partial charge in [-0.2, -0.15) is 4.98 Å². The van der Waals surface area contributed by atoms with Crippen LogP contribution in [0.3, 0.4) is 0 Å². The Kier molecular flexibility index (Phi) is 3.61. The quantitative estimate of drug-likeness (QED) is 0.880. The van der Waals surface area contributed by atoms with Crippen LogP contribution in [0.5, 0.6) is 0 Å². The molecule has 0 aromatic carbocycles. The highest BCUT2D eigenvalue weighted by Crippen LogP contribution is 2.38. The summed E-state index contributed by atoms with van der Waals surface area (Å²) in [5.41, 5.74) is 1.26. The lowest BCUT2D eigenvalue weighted by atomic mass is 10.0. The molecule has 3 rings (SSSR count). The minimum atomic E-state index is 0.107. The van der Waals surface area contributed by atoms with Crippen LogP contribution in [0.25, 0.3) is 0 Å². The van der Waals surface area contributed by atoms with Crippen LogP contribution in [0.2, 0.25) is 0 Å². The maximum atomic E-state index is 5.45. The Labute approximate surface area is 119 Å². The highest BCUT2D eigenvalue weighted by Gasteiger charge is 2.30. The van der Waals surface area contributed by atoms with E-state index in [1.165, 1.54) is 18.4 Å². The average Bonchev–Trinajstić information content (AvgIpc) is 3.00. The molecule has 0 radical (unpaired) electrons. The van der Waals surface area contributed by atoms with Crippen LogP contribution < -0.4 is 5.32 Å². The lowest BCUT2D eigenvalue weighted by Gasteiger charge is -2.18. The molecule has 1 atom stereocenters. The van der Waals surface area contributed by atoms with Gasteiger partial charge in [-0.05, 0) is 30.4 Å². The Balaban J connectivity index is 1.67. The van der Waals surface area contributed by atoms with Crippen molar-refractivity contribution in [1.29, 1.82) is 0 Å². The van der Waals surface area contributed by atoms with Crippen LogP contribution >= 0.6 is 0 Å². The summed E-state index contributed by atoms with van der Waals surface area (Å²) >= 11 is 0. The van der Waals surface area contributed by atoms with E-state index in [9.17, 15) is 0 Å². The molecule has 5 nitrogen and oxygen atoms in total. The molecule has 0 bridgehead atoms. The van der Waals surface area contributed by atoms with Crippen LogP contribution in [0, 0.1) is 5.92 Å². The van der Waals surface area contributed by atoms with E-state index in [0.29, 0.717) is 11.8 Å². The van der Waals surface area contributed by atoms with Gasteiger partial charge in [-0.1, -0.05) is 19.0 Å². The topological polar surface area (TPSA) is 55.9 Å². The fourth-order valence-corrected chi connectivity index (χ4v) is 2.38. The predicted octanol–water partition coefficient (Wildman–Crippen LogP) is 2.77. The molecule has 1 saturated carbocycles. The third kappa shape index (κ3) is 2.93. The minimum absolute atomic E-state index is 0.107. The molecule has 1 unspecified atom stereocenters. The summed E-state index contributed by atoms with van der Waals surface area (Å²) in [5, 5.41) is 7.64. The van der Waals surface area contributed by atoms with Crippen LogP contribution in [0.1, 0.15) is 55.9 Å². The molecule has 0 amide bonds. The number of nitrogens with one attached hydrogen (secondary N) is 1. The Morgan fingerprint density at radius 1 is 1.45 bits per heavy atom. The van der Waals surface area contributed by atoms with Crippen molar-refractivity contribution in [2.24, 2.45) is 13.0 Å². The van der Waals surface area contributed by atoms with Crippen molar-refractivity contribution in [3.63, 3.8) is 0 Å². The number of aromatic nitrogens is 3. The summed E-state index contributed by atoms with van der Waals surface area (Å²) in [6.45, 7) is 5.15. The predicted molar refractivity (Wildman–Crippen MR) is 76.1 cm³/mol. The fourth-order valence-electron chi connectivity index (χ4n) is 2.38. The first-order chi connectivity index (χ1) is 9.63. The molecule has 0 aliphatic heterocycles. The molecule has 2 heterocycles. The maximum absolute atomic E-state index is 5.45. The fraction of sp³-hybridized carbons (Fsp3) is 0.600. The summed E-state index contributed by atoms with van der Waals surface area (Å²) in [5.74, 6) is 2.55. The molecule has 2 aromatic heterocycles. The van der Waals surface area contributed by atoms with Gasteiger partial charge in [-0.3, -0.25) is 0 Å². The van der Waals surface area contributed by atoms with Gasteiger partial charge in [-0.25, -0.2) is 0 Å². The summed E-state index contributed by atoms with van der Waals surface area (Å²) in [6, 6.07) is 2.23. The van der Waals surface area contributed by atoms with E-state index in [1.54, 1.807) is 0 Å². The van der Waals surface area contributed by atoms with Gasteiger partial charge < -0.3 is 14.4 Å². The molecule has 1 aliphatic carbocycles. The van der Waals surface area contributed by atoms with E-state index in [4.69, 9.17) is 4.52 Å². The van der Waals surface area contributed by atoms with Crippen molar-refractivity contribution >= 4 is 0 Å². The average molecular weight is 274 g/mol. The van der Waals surface area contributed by atoms with Gasteiger partial charge in [-0.15, -0.1) is 0 Å². The number of aryl methyl sites for hydroxylation is 1. The van der Waals surface area contributed by atoms with Gasteiger partial charge in [0.1, 0.15) is 0 Å². The highest BCUT2D eigenvalue weighted by atomic mass is 16.5. The van der Waals surface area contributed by atoms with Gasteiger partial charge in [0.25, 0.3) is 0 Å². The molecule has 1 aliphatic rings. The van der Waals surface area contributed by atoms with Gasteiger partial charge in [0.2, 0.25) is 5.89 Å². The van der Waals surface area contributed by atoms with Crippen LogP contribution in [0.4, 0.5) is 0 Å². The minimum Gasteiger partial charge on any atom is -0.357 e. The first-order valence-corrected chi connectivity index (χ1v) is 7.31. The van der Waals surface area contributed by atoms with Gasteiger partial charge in [0.05, 0.1) is 6.04 Å². The van der Waals surface area contributed by atoms with Crippen molar-refractivity contribution in [3.05, 3.63) is 35.7 Å². The van der Waals surface area contributed by atoms with E-state index >= 15 is 0 Å². The van der Waals surface area contributed by atoms with Crippen molar-refractivity contribution in [3.8, 4) is 0 Å². The molecule has 0 spiro atoms. The molecule has 5 heteroatoms. The Morgan fingerprint density at radius 3 is 2.85 bits per heavy atom. The normalized spacial score (nSPS) is 16.8. The molecular weight excluding hydrogens is 252 g/mol. The maximum Gasteiger partial charge on any atom is 0.244 e. The molecule has 1 fully saturated rings. The summed E-state index contributed by atoms with van der Waals surface area (Å²) in [6.07, 6.45) is 6.57.